The monoisotopic (exact) mass is 449 g/mol. The molecule has 2 heterocycles. The summed E-state index contributed by atoms with van der Waals surface area (Å²) >= 11 is 1.56. The van der Waals surface area contributed by atoms with Crippen molar-refractivity contribution >= 4 is 17.5 Å². The van der Waals surface area contributed by atoms with Crippen LogP contribution in [0.1, 0.15) is 71.5 Å². The maximum atomic E-state index is 12.3. The van der Waals surface area contributed by atoms with Gasteiger partial charge in [0.25, 0.3) is 5.56 Å². The van der Waals surface area contributed by atoms with E-state index in [-0.39, 0.29) is 11.3 Å². The molecule has 2 aromatic heterocycles. The maximum absolute atomic E-state index is 12.3. The second-order valence-corrected chi connectivity index (χ2v) is 9.30. The highest BCUT2D eigenvalue weighted by atomic mass is 32.2. The van der Waals surface area contributed by atoms with Gasteiger partial charge < -0.3 is 4.98 Å². The zero-order valence-electron chi connectivity index (χ0n) is 18.9. The van der Waals surface area contributed by atoms with Gasteiger partial charge in [-0.25, -0.2) is 4.98 Å². The van der Waals surface area contributed by atoms with E-state index in [4.69, 9.17) is 0 Å². The molecule has 0 radical (unpaired) electrons. The Morgan fingerprint density at radius 1 is 0.906 bits per heavy atom. The normalized spacial score (nSPS) is 10.9. The fourth-order valence-electron chi connectivity index (χ4n) is 3.39. The number of Topliss-reactive ketones (excluding diaryl/α,β-unsaturated/α-hetero) is 1. The molecule has 0 saturated carbocycles. The van der Waals surface area contributed by atoms with E-state index in [9.17, 15) is 9.59 Å². The fourth-order valence-corrected chi connectivity index (χ4v) is 4.27. The zero-order chi connectivity index (χ0) is 22.8. The number of unbranched alkanes of at least 4 members (excludes halogenated alkanes) is 4. The Kier molecular flexibility index (Phi) is 9.23. The van der Waals surface area contributed by atoms with Gasteiger partial charge in [0.1, 0.15) is 5.82 Å². The molecule has 168 valence electrons. The number of rotatable bonds is 12. The number of benzene rings is 1. The van der Waals surface area contributed by atoms with E-state index < -0.39 is 0 Å². The number of hydrogen-bond donors (Lipinski definition) is 1. The average Bonchev–Trinajstić information content (AvgIpc) is 2.78. The van der Waals surface area contributed by atoms with Gasteiger partial charge in [-0.2, -0.15) is 0 Å². The quantitative estimate of drug-likeness (QED) is 0.218. The van der Waals surface area contributed by atoms with Crippen molar-refractivity contribution in [3.63, 3.8) is 0 Å². The second-order valence-electron chi connectivity index (χ2n) is 8.16. The lowest BCUT2D eigenvalue weighted by molar-refractivity contribution is 0.0979. The van der Waals surface area contributed by atoms with Crippen LogP contribution in [0.2, 0.25) is 0 Å². The van der Waals surface area contributed by atoms with Crippen LogP contribution in [-0.4, -0.2) is 26.5 Å². The summed E-state index contributed by atoms with van der Waals surface area (Å²) in [5.41, 5.74) is 3.91. The van der Waals surface area contributed by atoms with Crippen molar-refractivity contribution in [1.82, 2.24) is 15.0 Å². The molecule has 0 fully saturated rings. The minimum absolute atomic E-state index is 0.0744. The molecule has 3 rings (SSSR count). The minimum Gasteiger partial charge on any atom is -0.309 e. The molecular weight excluding hydrogens is 418 g/mol. The Bertz CT molecular complexity index is 1060. The molecule has 32 heavy (non-hydrogen) atoms. The van der Waals surface area contributed by atoms with E-state index in [2.05, 4.69) is 15.0 Å². The molecule has 6 heteroatoms. The summed E-state index contributed by atoms with van der Waals surface area (Å²) in [5, 5.41) is 0. The Labute approximate surface area is 194 Å². The maximum Gasteiger partial charge on any atom is 0.264 e. The molecule has 0 aliphatic carbocycles. The van der Waals surface area contributed by atoms with Crippen LogP contribution in [-0.2, 0) is 6.42 Å². The third kappa shape index (κ3) is 7.75. The zero-order valence-corrected chi connectivity index (χ0v) is 19.7. The van der Waals surface area contributed by atoms with Crippen molar-refractivity contribution in [2.24, 2.45) is 0 Å². The first-order valence-electron chi connectivity index (χ1n) is 11.2. The molecule has 1 aromatic carbocycles. The van der Waals surface area contributed by atoms with Gasteiger partial charge >= 0.3 is 0 Å². The number of aromatic nitrogens is 3. The first-order chi connectivity index (χ1) is 15.5. The van der Waals surface area contributed by atoms with Crippen LogP contribution in [0.5, 0.6) is 0 Å². The highest BCUT2D eigenvalue weighted by Crippen LogP contribution is 2.17. The Morgan fingerprint density at radius 2 is 1.66 bits per heavy atom. The van der Waals surface area contributed by atoms with E-state index in [0.29, 0.717) is 23.6 Å². The average molecular weight is 450 g/mol. The number of nitrogens with one attached hydrogen (secondary N) is 1. The first-order valence-corrected chi connectivity index (χ1v) is 12.2. The van der Waals surface area contributed by atoms with Gasteiger partial charge in [0, 0.05) is 36.5 Å². The number of hydrogen-bond acceptors (Lipinski definition) is 5. The van der Waals surface area contributed by atoms with Crippen molar-refractivity contribution in [1.29, 1.82) is 0 Å². The Morgan fingerprint density at radius 3 is 2.38 bits per heavy atom. The lowest BCUT2D eigenvalue weighted by Crippen LogP contribution is -2.13. The van der Waals surface area contributed by atoms with E-state index >= 15 is 0 Å². The lowest BCUT2D eigenvalue weighted by Gasteiger charge is -2.05. The van der Waals surface area contributed by atoms with E-state index in [1.54, 1.807) is 18.0 Å². The number of thioether (sulfide) groups is 1. The van der Waals surface area contributed by atoms with Crippen molar-refractivity contribution in [3.05, 3.63) is 87.4 Å². The number of aromatic amines is 1. The Balaban J connectivity index is 1.30. The second kappa shape index (κ2) is 12.3. The molecule has 0 amide bonds. The van der Waals surface area contributed by atoms with Crippen LogP contribution in [0.25, 0.3) is 0 Å². The van der Waals surface area contributed by atoms with Crippen molar-refractivity contribution in [3.8, 4) is 0 Å². The third-order valence-electron chi connectivity index (χ3n) is 5.34. The first kappa shape index (κ1) is 23.9. The van der Waals surface area contributed by atoms with E-state index in [0.717, 1.165) is 54.7 Å². The molecule has 0 atom stereocenters. The van der Waals surface area contributed by atoms with Gasteiger partial charge in [-0.1, -0.05) is 55.2 Å². The molecule has 3 aromatic rings. The molecule has 0 aliphatic heterocycles. The topological polar surface area (TPSA) is 75.7 Å². The molecule has 0 saturated heterocycles. The Hall–Kier alpha value is -2.73. The minimum atomic E-state index is -0.0744. The highest BCUT2D eigenvalue weighted by Gasteiger charge is 2.06. The fraction of sp³-hybridized carbons (Fsp3) is 0.385. The van der Waals surface area contributed by atoms with Crippen LogP contribution in [0.3, 0.4) is 0 Å². The van der Waals surface area contributed by atoms with Crippen molar-refractivity contribution < 1.29 is 4.79 Å². The van der Waals surface area contributed by atoms with E-state index in [1.165, 1.54) is 5.56 Å². The molecule has 0 unspecified atom stereocenters. The van der Waals surface area contributed by atoms with E-state index in [1.807, 2.05) is 56.4 Å². The summed E-state index contributed by atoms with van der Waals surface area (Å²) in [5.74, 6) is 1.79. The third-order valence-corrected chi connectivity index (χ3v) is 6.44. The number of carbonyl (C=O) groups is 1. The van der Waals surface area contributed by atoms with Gasteiger partial charge in [-0.15, -0.1) is 11.8 Å². The van der Waals surface area contributed by atoms with Crippen molar-refractivity contribution in [2.75, 3.05) is 5.75 Å². The van der Waals surface area contributed by atoms with Crippen LogP contribution >= 0.6 is 11.8 Å². The summed E-state index contributed by atoms with van der Waals surface area (Å²) in [6, 6.07) is 11.8. The summed E-state index contributed by atoms with van der Waals surface area (Å²) in [6.45, 7) is 3.97. The molecule has 0 bridgehead atoms. The highest BCUT2D eigenvalue weighted by molar-refractivity contribution is 7.99. The number of pyridine rings is 1. The van der Waals surface area contributed by atoms with Gasteiger partial charge in [-0.3, -0.25) is 14.6 Å². The molecule has 1 N–H and O–H groups in total. The largest absolute Gasteiger partial charge is 0.309 e. The van der Waals surface area contributed by atoms with Gasteiger partial charge in [-0.05, 0) is 44.1 Å². The predicted molar refractivity (Wildman–Crippen MR) is 131 cm³/mol. The smallest absolute Gasteiger partial charge is 0.264 e. The predicted octanol–water partition coefficient (Wildman–Crippen LogP) is 5.69. The summed E-state index contributed by atoms with van der Waals surface area (Å²) in [6.07, 6.45) is 9.94. The van der Waals surface area contributed by atoms with Gasteiger partial charge in [0.2, 0.25) is 0 Å². The number of nitrogens with zero attached hydrogens (tertiary/aromatic N) is 2. The van der Waals surface area contributed by atoms with Crippen LogP contribution in [0, 0.1) is 13.8 Å². The SMILES string of the molecule is Cc1ccc(C(=O)CCCCCCCSc2cnc(Cc3ccc(C)nc3)[nH]c2=O)cc1. The molecule has 0 aliphatic rings. The van der Waals surface area contributed by atoms with Crippen molar-refractivity contribution in [2.45, 2.75) is 63.7 Å². The van der Waals surface area contributed by atoms with Crippen LogP contribution in [0.4, 0.5) is 0 Å². The molecular formula is C26H31N3O2S. The van der Waals surface area contributed by atoms with Crippen LogP contribution in [0.15, 0.2) is 58.5 Å². The number of H-pyrrole nitrogens is 1. The summed E-state index contributed by atoms with van der Waals surface area (Å²) < 4.78 is 0. The molecule has 0 spiro atoms. The number of ketones is 1. The van der Waals surface area contributed by atoms with Gasteiger partial charge in [0.05, 0.1) is 4.90 Å². The summed E-state index contributed by atoms with van der Waals surface area (Å²) in [7, 11) is 0. The lowest BCUT2D eigenvalue weighted by atomic mass is 10.0. The standard InChI is InChI=1S/C26H31N3O2S/c1-19-9-13-22(14-10-19)23(30)8-6-4-3-5-7-15-32-24-18-28-25(29-26(24)31)16-21-12-11-20(2)27-17-21/h9-14,17-18H,3-8,15-16H2,1-2H3,(H,28,29,31). The summed E-state index contributed by atoms with van der Waals surface area (Å²) in [4.78, 5) is 36.7. The van der Waals surface area contributed by atoms with Gasteiger partial charge in [0.15, 0.2) is 5.78 Å². The molecule has 5 nitrogen and oxygen atoms in total. The van der Waals surface area contributed by atoms with Crippen LogP contribution < -0.4 is 5.56 Å². The number of carbonyl (C=O) groups excluding carboxylic acids is 1. The number of aryl methyl sites for hydroxylation is 2.